The predicted octanol–water partition coefficient (Wildman–Crippen LogP) is 17.1. The van der Waals surface area contributed by atoms with Crippen molar-refractivity contribution in [2.24, 2.45) is 0 Å². The van der Waals surface area contributed by atoms with E-state index in [1.807, 2.05) is 0 Å². The van der Waals surface area contributed by atoms with Gasteiger partial charge in [0.25, 0.3) is 0 Å². The Morgan fingerprint density at radius 1 is 0.381 bits per heavy atom. The molecule has 0 amide bonds. The Bertz CT molecular complexity index is 1310. The first-order valence-electron chi connectivity index (χ1n) is 25.6. The van der Waals surface area contributed by atoms with Gasteiger partial charge in [0.15, 0.2) is 6.10 Å². The molecule has 0 aliphatic rings. The highest BCUT2D eigenvalue weighted by Crippen LogP contribution is 2.14. The van der Waals surface area contributed by atoms with E-state index in [4.69, 9.17) is 9.47 Å². The molecule has 0 aliphatic carbocycles. The van der Waals surface area contributed by atoms with E-state index in [1.165, 1.54) is 77.0 Å². The topological polar surface area (TPSA) is 72.8 Å². The number of aliphatic hydroxyl groups is 1. The lowest BCUT2D eigenvalue weighted by atomic mass is 10.1. The van der Waals surface area contributed by atoms with Crippen LogP contribution in [0.3, 0.4) is 0 Å². The molecule has 0 fully saturated rings. The summed E-state index contributed by atoms with van der Waals surface area (Å²) in [6.45, 7) is 3.99. The smallest absolute Gasteiger partial charge is 0.306 e. The standard InChI is InChI=1S/C58H94O5/c1-3-5-7-9-11-13-15-16-17-18-19-20-21-22-23-24-25-26-27-28-29-30-31-32-33-34-35-36-37-38-39-40-41-42-43-45-47-49-51-53-58(61)63-56(54-59)55-62-57(60)52-50-48-46-44-14-12-10-8-6-4-2/h5,7,11,13,16-17,19-20,22-23,25-26,28-29,31-32,34-35,37-38,56,59H,3-4,6,8-10,12,14-15,18,21,24,27,30,33,36,39-55H2,1-2H3/b7-5-,13-11-,17-16-,20-19-,23-22-,26-25-,29-28-,32-31-,35-34-,38-37-. The summed E-state index contributed by atoms with van der Waals surface area (Å²) < 4.78 is 10.6. The van der Waals surface area contributed by atoms with Gasteiger partial charge in [-0.05, 0) is 89.9 Å². The Balaban J connectivity index is 3.61. The highest BCUT2D eigenvalue weighted by molar-refractivity contribution is 5.70. The number of aliphatic hydroxyl groups excluding tert-OH is 1. The largest absolute Gasteiger partial charge is 0.462 e. The molecule has 1 atom stereocenters. The lowest BCUT2D eigenvalue weighted by Gasteiger charge is -2.15. The van der Waals surface area contributed by atoms with Crippen LogP contribution in [0.4, 0.5) is 0 Å². The Morgan fingerprint density at radius 2 is 0.683 bits per heavy atom. The minimum atomic E-state index is -0.780. The molecule has 1 N–H and O–H groups in total. The average Bonchev–Trinajstić information content (AvgIpc) is 3.29. The molecular weight excluding hydrogens is 777 g/mol. The number of ether oxygens (including phenoxy) is 2. The van der Waals surface area contributed by atoms with Gasteiger partial charge in [-0.3, -0.25) is 9.59 Å². The Hall–Kier alpha value is -3.70. The predicted molar refractivity (Wildman–Crippen MR) is 274 cm³/mol. The first kappa shape index (κ1) is 59.3. The minimum Gasteiger partial charge on any atom is -0.462 e. The number of esters is 2. The lowest BCUT2D eigenvalue weighted by Crippen LogP contribution is -2.28. The average molecular weight is 871 g/mol. The summed E-state index contributed by atoms with van der Waals surface area (Å²) in [5.74, 6) is -0.607. The second-order valence-corrected chi connectivity index (χ2v) is 16.5. The van der Waals surface area contributed by atoms with Crippen LogP contribution in [0.5, 0.6) is 0 Å². The summed E-state index contributed by atoms with van der Waals surface area (Å²) in [6.07, 6.45) is 77.3. The zero-order valence-corrected chi connectivity index (χ0v) is 40.5. The van der Waals surface area contributed by atoms with E-state index in [9.17, 15) is 14.7 Å². The normalized spacial score (nSPS) is 13.3. The number of carbonyl (C=O) groups is 2. The number of allylic oxidation sites excluding steroid dienone is 20. The van der Waals surface area contributed by atoms with Crippen LogP contribution in [0.1, 0.15) is 213 Å². The van der Waals surface area contributed by atoms with Crippen LogP contribution in [-0.4, -0.2) is 36.4 Å². The lowest BCUT2D eigenvalue weighted by molar-refractivity contribution is -0.161. The molecule has 0 rings (SSSR count). The zero-order valence-electron chi connectivity index (χ0n) is 40.5. The molecule has 0 bridgehead atoms. The van der Waals surface area contributed by atoms with E-state index < -0.39 is 6.10 Å². The quantitative estimate of drug-likeness (QED) is 0.0375. The van der Waals surface area contributed by atoms with E-state index in [1.54, 1.807) is 0 Å². The molecule has 0 heterocycles. The first-order valence-corrected chi connectivity index (χ1v) is 25.6. The number of hydrogen-bond acceptors (Lipinski definition) is 5. The molecule has 63 heavy (non-hydrogen) atoms. The number of rotatable bonds is 45. The maximum absolute atomic E-state index is 12.2. The van der Waals surface area contributed by atoms with Crippen molar-refractivity contribution < 1.29 is 24.2 Å². The number of hydrogen-bond donors (Lipinski definition) is 1. The van der Waals surface area contributed by atoms with Gasteiger partial charge >= 0.3 is 11.9 Å². The van der Waals surface area contributed by atoms with Crippen LogP contribution in [0, 0.1) is 0 Å². The van der Waals surface area contributed by atoms with Crippen molar-refractivity contribution in [2.75, 3.05) is 13.2 Å². The zero-order chi connectivity index (χ0) is 45.6. The molecule has 0 saturated heterocycles. The van der Waals surface area contributed by atoms with Crippen LogP contribution in [0.2, 0.25) is 0 Å². The molecule has 0 radical (unpaired) electrons. The van der Waals surface area contributed by atoms with Crippen molar-refractivity contribution >= 4 is 11.9 Å². The molecule has 0 spiro atoms. The highest BCUT2D eigenvalue weighted by Gasteiger charge is 2.16. The van der Waals surface area contributed by atoms with E-state index in [0.717, 1.165) is 109 Å². The molecule has 0 aromatic heterocycles. The molecule has 0 saturated carbocycles. The fourth-order valence-corrected chi connectivity index (χ4v) is 6.70. The third-order valence-corrected chi connectivity index (χ3v) is 10.5. The van der Waals surface area contributed by atoms with Gasteiger partial charge in [0.1, 0.15) is 6.61 Å². The molecule has 5 heteroatoms. The molecule has 0 aromatic rings. The van der Waals surface area contributed by atoms with Gasteiger partial charge in [-0.25, -0.2) is 0 Å². The van der Waals surface area contributed by atoms with Gasteiger partial charge in [0, 0.05) is 12.8 Å². The molecule has 1 unspecified atom stereocenters. The van der Waals surface area contributed by atoms with Gasteiger partial charge in [-0.15, -0.1) is 0 Å². The highest BCUT2D eigenvalue weighted by atomic mass is 16.6. The van der Waals surface area contributed by atoms with Gasteiger partial charge < -0.3 is 14.6 Å². The molecular formula is C58H94O5. The fraction of sp³-hybridized carbons (Fsp3) is 0.621. The van der Waals surface area contributed by atoms with Crippen molar-refractivity contribution in [3.63, 3.8) is 0 Å². The van der Waals surface area contributed by atoms with Crippen LogP contribution in [0.25, 0.3) is 0 Å². The Labute approximate surface area is 388 Å². The van der Waals surface area contributed by atoms with Crippen LogP contribution < -0.4 is 0 Å². The summed E-state index contributed by atoms with van der Waals surface area (Å²) in [4.78, 5) is 24.3. The van der Waals surface area contributed by atoms with Gasteiger partial charge in [-0.1, -0.05) is 232 Å². The van der Waals surface area contributed by atoms with E-state index >= 15 is 0 Å². The van der Waals surface area contributed by atoms with Gasteiger partial charge in [0.2, 0.25) is 0 Å². The SMILES string of the molecule is CC/C=C\C/C=C\C/C=C\C/C=C\C/C=C\C/C=C\C/C=C\C/C=C\C/C=C\C/C=C\CCCCCCCCCCC(=O)OC(CO)COC(=O)CCCCCCCCCCCC. The molecule has 0 aliphatic heterocycles. The van der Waals surface area contributed by atoms with E-state index in [2.05, 4.69) is 135 Å². The third kappa shape index (κ3) is 50.8. The van der Waals surface area contributed by atoms with Crippen molar-refractivity contribution in [1.82, 2.24) is 0 Å². The van der Waals surface area contributed by atoms with Crippen molar-refractivity contribution in [3.8, 4) is 0 Å². The second kappa shape index (κ2) is 52.6. The summed E-state index contributed by atoms with van der Waals surface area (Å²) in [5, 5.41) is 9.58. The van der Waals surface area contributed by atoms with Gasteiger partial charge in [0.05, 0.1) is 6.61 Å². The first-order chi connectivity index (χ1) is 31.1. The number of carbonyl (C=O) groups excluding carboxylic acids is 2. The van der Waals surface area contributed by atoms with Crippen LogP contribution in [-0.2, 0) is 19.1 Å². The minimum absolute atomic E-state index is 0.0731. The van der Waals surface area contributed by atoms with Crippen LogP contribution >= 0.6 is 0 Å². The summed E-state index contributed by atoms with van der Waals surface area (Å²) in [5.41, 5.74) is 0. The third-order valence-electron chi connectivity index (χ3n) is 10.5. The summed E-state index contributed by atoms with van der Waals surface area (Å²) in [7, 11) is 0. The van der Waals surface area contributed by atoms with E-state index in [0.29, 0.717) is 12.8 Å². The molecule has 356 valence electrons. The second-order valence-electron chi connectivity index (χ2n) is 16.5. The summed E-state index contributed by atoms with van der Waals surface area (Å²) in [6, 6.07) is 0. The number of unbranched alkanes of at least 4 members (excludes halogenated alkanes) is 17. The summed E-state index contributed by atoms with van der Waals surface area (Å²) >= 11 is 0. The Morgan fingerprint density at radius 3 is 1.03 bits per heavy atom. The van der Waals surface area contributed by atoms with Crippen molar-refractivity contribution in [2.45, 2.75) is 219 Å². The van der Waals surface area contributed by atoms with Crippen LogP contribution in [0.15, 0.2) is 122 Å². The van der Waals surface area contributed by atoms with Crippen molar-refractivity contribution in [1.29, 1.82) is 0 Å². The van der Waals surface area contributed by atoms with E-state index in [-0.39, 0.29) is 25.2 Å². The fourth-order valence-electron chi connectivity index (χ4n) is 6.70. The molecule has 0 aromatic carbocycles. The van der Waals surface area contributed by atoms with Crippen molar-refractivity contribution in [3.05, 3.63) is 122 Å². The maximum Gasteiger partial charge on any atom is 0.306 e. The monoisotopic (exact) mass is 871 g/mol. The maximum atomic E-state index is 12.2. The van der Waals surface area contributed by atoms with Gasteiger partial charge in [-0.2, -0.15) is 0 Å². The Kier molecular flexibility index (Phi) is 49.6. The molecule has 5 nitrogen and oxygen atoms in total.